The molecule has 5 heteroatoms. The van der Waals surface area contributed by atoms with Gasteiger partial charge >= 0.3 is 7.12 Å². The lowest BCUT2D eigenvalue weighted by Gasteiger charge is -2.27. The van der Waals surface area contributed by atoms with Crippen LogP contribution in [0.1, 0.15) is 32.8 Å². The van der Waals surface area contributed by atoms with Crippen molar-refractivity contribution in [2.75, 3.05) is 13.1 Å². The van der Waals surface area contributed by atoms with Crippen LogP contribution >= 0.6 is 0 Å². The van der Waals surface area contributed by atoms with Crippen molar-refractivity contribution in [3.05, 3.63) is 29.6 Å². The number of nitrogens with zero attached hydrogens (tertiary/aromatic N) is 1. The molecule has 3 nitrogen and oxygen atoms in total. The van der Waals surface area contributed by atoms with Crippen LogP contribution in [0.2, 0.25) is 0 Å². The van der Waals surface area contributed by atoms with E-state index in [1.165, 1.54) is 6.07 Å². The second-order valence-corrected chi connectivity index (χ2v) is 6.81. The van der Waals surface area contributed by atoms with Gasteiger partial charge in [0.05, 0.1) is 0 Å². The van der Waals surface area contributed by atoms with E-state index in [0.717, 1.165) is 19.5 Å². The van der Waals surface area contributed by atoms with Gasteiger partial charge in [-0.2, -0.15) is 0 Å². The first-order valence-electron chi connectivity index (χ1n) is 7.14. The quantitative estimate of drug-likeness (QED) is 0.821. The Labute approximate surface area is 120 Å². The molecule has 20 heavy (non-hydrogen) atoms. The van der Waals surface area contributed by atoms with Crippen LogP contribution < -0.4 is 5.46 Å². The predicted molar refractivity (Wildman–Crippen MR) is 79.1 cm³/mol. The molecule has 1 aliphatic rings. The van der Waals surface area contributed by atoms with Gasteiger partial charge in [0.25, 0.3) is 0 Å². The SMILES string of the molecule is CC(C)(C)C1CCN(Cc2ccc(B(O)O)cc2F)C1. The van der Waals surface area contributed by atoms with E-state index in [0.29, 0.717) is 18.0 Å². The van der Waals surface area contributed by atoms with Crippen LogP contribution in [0, 0.1) is 17.2 Å². The van der Waals surface area contributed by atoms with Gasteiger partial charge in [-0.05, 0) is 35.8 Å². The first kappa shape index (κ1) is 15.5. The van der Waals surface area contributed by atoms with Crippen molar-refractivity contribution in [3.8, 4) is 0 Å². The standard InChI is InChI=1S/C15H23BFNO2/c1-15(2,3)12-6-7-18(10-12)9-11-4-5-13(16(19)20)8-14(11)17/h4-5,8,12,19-20H,6-7,9-10H2,1-3H3. The normalized spacial score (nSPS) is 20.4. The Kier molecular flexibility index (Phi) is 4.52. The summed E-state index contributed by atoms with van der Waals surface area (Å²) in [5, 5.41) is 18.1. The van der Waals surface area contributed by atoms with Crippen molar-refractivity contribution in [2.24, 2.45) is 11.3 Å². The third-order valence-electron chi connectivity index (χ3n) is 4.27. The molecule has 1 saturated heterocycles. The summed E-state index contributed by atoms with van der Waals surface area (Å²) < 4.78 is 13.9. The van der Waals surface area contributed by atoms with E-state index in [-0.39, 0.29) is 16.7 Å². The fourth-order valence-electron chi connectivity index (χ4n) is 2.78. The van der Waals surface area contributed by atoms with E-state index < -0.39 is 7.12 Å². The Bertz CT molecular complexity index is 473. The van der Waals surface area contributed by atoms with E-state index in [1.807, 2.05) is 0 Å². The highest BCUT2D eigenvalue weighted by atomic mass is 19.1. The van der Waals surface area contributed by atoms with Crippen molar-refractivity contribution >= 4 is 12.6 Å². The van der Waals surface area contributed by atoms with Gasteiger partial charge in [0.15, 0.2) is 0 Å². The fourth-order valence-corrected chi connectivity index (χ4v) is 2.78. The van der Waals surface area contributed by atoms with Crippen molar-refractivity contribution in [1.29, 1.82) is 0 Å². The molecule has 2 rings (SSSR count). The molecule has 2 N–H and O–H groups in total. The summed E-state index contributed by atoms with van der Waals surface area (Å²) >= 11 is 0. The van der Waals surface area contributed by atoms with Crippen LogP contribution in [0.25, 0.3) is 0 Å². The number of halogens is 1. The average molecular weight is 279 g/mol. The van der Waals surface area contributed by atoms with Gasteiger partial charge in [-0.3, -0.25) is 4.90 Å². The third kappa shape index (κ3) is 3.60. The van der Waals surface area contributed by atoms with Crippen molar-refractivity contribution in [1.82, 2.24) is 4.90 Å². The lowest BCUT2D eigenvalue weighted by atomic mass is 9.80. The molecule has 0 aliphatic carbocycles. The molecule has 0 radical (unpaired) electrons. The summed E-state index contributed by atoms with van der Waals surface area (Å²) in [7, 11) is -1.62. The molecule has 0 saturated carbocycles. The number of likely N-dealkylation sites (tertiary alicyclic amines) is 1. The van der Waals surface area contributed by atoms with Gasteiger partial charge in [-0.25, -0.2) is 4.39 Å². The molecule has 1 heterocycles. The van der Waals surface area contributed by atoms with Crippen LogP contribution in [0.3, 0.4) is 0 Å². The Balaban J connectivity index is 2.01. The van der Waals surface area contributed by atoms with E-state index in [1.54, 1.807) is 12.1 Å². The predicted octanol–water partition coefficient (Wildman–Crippen LogP) is 1.37. The lowest BCUT2D eigenvalue weighted by Crippen LogP contribution is -2.31. The monoisotopic (exact) mass is 279 g/mol. The zero-order valence-electron chi connectivity index (χ0n) is 12.4. The first-order chi connectivity index (χ1) is 9.27. The molecule has 1 atom stereocenters. The highest BCUT2D eigenvalue weighted by Gasteiger charge is 2.31. The van der Waals surface area contributed by atoms with Crippen LogP contribution in [0.15, 0.2) is 18.2 Å². The maximum absolute atomic E-state index is 13.9. The Morgan fingerprint density at radius 1 is 1.35 bits per heavy atom. The van der Waals surface area contributed by atoms with Crippen LogP contribution in [0.5, 0.6) is 0 Å². The Morgan fingerprint density at radius 2 is 2.05 bits per heavy atom. The summed E-state index contributed by atoms with van der Waals surface area (Å²) in [4.78, 5) is 2.27. The number of benzene rings is 1. The van der Waals surface area contributed by atoms with E-state index in [2.05, 4.69) is 25.7 Å². The summed E-state index contributed by atoms with van der Waals surface area (Å²) in [6.07, 6.45) is 1.15. The Hall–Kier alpha value is -0.905. The van der Waals surface area contributed by atoms with E-state index in [9.17, 15) is 4.39 Å². The molecule has 1 unspecified atom stereocenters. The molecule has 110 valence electrons. The minimum absolute atomic E-state index is 0.195. The molecule has 1 aromatic rings. The zero-order chi connectivity index (χ0) is 14.9. The minimum atomic E-state index is -1.62. The van der Waals surface area contributed by atoms with Crippen LogP contribution in [-0.2, 0) is 6.54 Å². The maximum Gasteiger partial charge on any atom is 0.488 e. The van der Waals surface area contributed by atoms with E-state index >= 15 is 0 Å². The lowest BCUT2D eigenvalue weighted by molar-refractivity contribution is 0.225. The Morgan fingerprint density at radius 3 is 2.55 bits per heavy atom. The molecule has 0 spiro atoms. The molecule has 1 aromatic carbocycles. The van der Waals surface area contributed by atoms with Crippen LogP contribution in [0.4, 0.5) is 4.39 Å². The van der Waals surface area contributed by atoms with Gasteiger partial charge < -0.3 is 10.0 Å². The second kappa shape index (κ2) is 5.84. The molecule has 1 aliphatic heterocycles. The topological polar surface area (TPSA) is 43.7 Å². The summed E-state index contributed by atoms with van der Waals surface area (Å²) in [6, 6.07) is 4.42. The largest absolute Gasteiger partial charge is 0.488 e. The second-order valence-electron chi connectivity index (χ2n) is 6.81. The average Bonchev–Trinajstić information content (AvgIpc) is 2.80. The molecular formula is C15H23BFNO2. The van der Waals surface area contributed by atoms with Crippen molar-refractivity contribution < 1.29 is 14.4 Å². The van der Waals surface area contributed by atoms with Crippen LogP contribution in [-0.4, -0.2) is 35.2 Å². The van der Waals surface area contributed by atoms with Crippen molar-refractivity contribution in [2.45, 2.75) is 33.7 Å². The van der Waals surface area contributed by atoms with Gasteiger partial charge in [0.2, 0.25) is 0 Å². The highest BCUT2D eigenvalue weighted by molar-refractivity contribution is 6.58. The van der Waals surface area contributed by atoms with Gasteiger partial charge in [-0.15, -0.1) is 0 Å². The number of hydrogen-bond acceptors (Lipinski definition) is 3. The fraction of sp³-hybridized carbons (Fsp3) is 0.600. The third-order valence-corrected chi connectivity index (χ3v) is 4.27. The molecule has 1 fully saturated rings. The summed E-state index contributed by atoms with van der Waals surface area (Å²) in [5.74, 6) is 0.277. The smallest absolute Gasteiger partial charge is 0.423 e. The molecular weight excluding hydrogens is 256 g/mol. The molecule has 0 amide bonds. The summed E-state index contributed by atoms with van der Waals surface area (Å²) in [5.41, 5.74) is 1.10. The molecule has 0 aromatic heterocycles. The van der Waals surface area contributed by atoms with Crippen molar-refractivity contribution in [3.63, 3.8) is 0 Å². The van der Waals surface area contributed by atoms with Gasteiger partial charge in [0.1, 0.15) is 5.82 Å². The summed E-state index contributed by atoms with van der Waals surface area (Å²) in [6.45, 7) is 9.32. The highest BCUT2D eigenvalue weighted by Crippen LogP contribution is 2.34. The number of rotatable bonds is 3. The minimum Gasteiger partial charge on any atom is -0.423 e. The first-order valence-corrected chi connectivity index (χ1v) is 7.14. The van der Waals surface area contributed by atoms with Gasteiger partial charge in [-0.1, -0.05) is 32.9 Å². The zero-order valence-corrected chi connectivity index (χ0v) is 12.4. The maximum atomic E-state index is 13.9. The number of hydrogen-bond donors (Lipinski definition) is 2. The van der Waals surface area contributed by atoms with Gasteiger partial charge in [0, 0.05) is 18.7 Å². The van der Waals surface area contributed by atoms with E-state index in [4.69, 9.17) is 10.0 Å². The molecule has 0 bridgehead atoms.